The zero-order valence-corrected chi connectivity index (χ0v) is 16.0. The molecular weight excluding hydrogens is 330 g/mol. The lowest BCUT2D eigenvalue weighted by molar-refractivity contribution is -0.126. The van der Waals surface area contributed by atoms with E-state index in [1.807, 2.05) is 41.8 Å². The maximum atomic E-state index is 13.2. The smallest absolute Gasteiger partial charge is 0.324 e. The van der Waals surface area contributed by atoms with Gasteiger partial charge in [0.05, 0.1) is 12.2 Å². The fraction of sp³-hybridized carbons (Fsp3) is 0.600. The molecule has 1 aromatic carbocycles. The van der Waals surface area contributed by atoms with Gasteiger partial charge in [-0.1, -0.05) is 13.0 Å². The molecule has 2 heterocycles. The SMILES string of the molecule is CCNC(=O)C1CCN(C(=O)N2C[C@H](CC)Oc3ccc(C)cc32)CC1. The Bertz CT molecular complexity index is 668. The number of carbonyl (C=O) groups excluding carboxylic acids is 2. The van der Waals surface area contributed by atoms with Crippen molar-refractivity contribution in [3.05, 3.63) is 23.8 Å². The van der Waals surface area contributed by atoms with Crippen LogP contribution in [0.5, 0.6) is 5.75 Å². The number of carbonyl (C=O) groups is 2. The van der Waals surface area contributed by atoms with E-state index in [4.69, 9.17) is 4.74 Å². The first kappa shape index (κ1) is 18.5. The van der Waals surface area contributed by atoms with Crippen molar-refractivity contribution in [2.75, 3.05) is 31.1 Å². The predicted molar refractivity (Wildman–Crippen MR) is 102 cm³/mol. The quantitative estimate of drug-likeness (QED) is 0.903. The van der Waals surface area contributed by atoms with Gasteiger partial charge >= 0.3 is 6.03 Å². The second kappa shape index (κ2) is 7.98. The molecule has 1 fully saturated rings. The van der Waals surface area contributed by atoms with Crippen LogP contribution in [0.25, 0.3) is 0 Å². The minimum Gasteiger partial charge on any atom is -0.486 e. The summed E-state index contributed by atoms with van der Waals surface area (Å²) in [6, 6.07) is 6.00. The highest BCUT2D eigenvalue weighted by Gasteiger charge is 2.34. The first-order valence-electron chi connectivity index (χ1n) is 9.65. The molecule has 0 saturated carbocycles. The summed E-state index contributed by atoms with van der Waals surface area (Å²) < 4.78 is 6.01. The Morgan fingerprint density at radius 2 is 1.96 bits per heavy atom. The Morgan fingerprint density at radius 1 is 1.23 bits per heavy atom. The molecule has 0 aromatic heterocycles. The number of ether oxygens (including phenoxy) is 1. The van der Waals surface area contributed by atoms with Gasteiger partial charge in [-0.25, -0.2) is 4.79 Å². The van der Waals surface area contributed by atoms with Gasteiger partial charge in [-0.15, -0.1) is 0 Å². The third-order valence-electron chi connectivity index (χ3n) is 5.26. The zero-order valence-electron chi connectivity index (χ0n) is 16.0. The Hall–Kier alpha value is -2.24. The maximum Gasteiger partial charge on any atom is 0.324 e. The van der Waals surface area contributed by atoms with Crippen molar-refractivity contribution >= 4 is 17.6 Å². The number of likely N-dealkylation sites (tertiary alicyclic amines) is 1. The third-order valence-corrected chi connectivity index (χ3v) is 5.26. The van der Waals surface area contributed by atoms with E-state index in [1.54, 1.807) is 0 Å². The molecule has 2 aliphatic rings. The van der Waals surface area contributed by atoms with Gasteiger partial charge in [0.25, 0.3) is 0 Å². The molecule has 3 amide bonds. The summed E-state index contributed by atoms with van der Waals surface area (Å²) in [6.45, 7) is 8.49. The monoisotopic (exact) mass is 359 g/mol. The summed E-state index contributed by atoms with van der Waals surface area (Å²) in [5.74, 6) is 0.902. The van der Waals surface area contributed by atoms with Crippen molar-refractivity contribution in [3.8, 4) is 5.75 Å². The van der Waals surface area contributed by atoms with Gasteiger partial charge in [-0.05, 0) is 50.8 Å². The fourth-order valence-electron chi connectivity index (χ4n) is 3.67. The van der Waals surface area contributed by atoms with Crippen LogP contribution in [0.2, 0.25) is 0 Å². The molecular formula is C20H29N3O3. The predicted octanol–water partition coefficient (Wildman–Crippen LogP) is 2.94. The minimum atomic E-state index is 0.0154. The van der Waals surface area contributed by atoms with Crippen LogP contribution in [0, 0.1) is 12.8 Å². The molecule has 1 aromatic rings. The van der Waals surface area contributed by atoms with Crippen LogP contribution >= 0.6 is 0 Å². The van der Waals surface area contributed by atoms with E-state index in [2.05, 4.69) is 12.2 Å². The number of amides is 3. The number of hydrogen-bond acceptors (Lipinski definition) is 3. The van der Waals surface area contributed by atoms with E-state index in [-0.39, 0.29) is 24.0 Å². The summed E-state index contributed by atoms with van der Waals surface area (Å²) in [6.07, 6.45) is 2.32. The minimum absolute atomic E-state index is 0.0154. The molecule has 26 heavy (non-hydrogen) atoms. The highest BCUT2D eigenvalue weighted by Crippen LogP contribution is 2.36. The molecule has 1 atom stereocenters. The highest BCUT2D eigenvalue weighted by molar-refractivity contribution is 5.94. The number of benzene rings is 1. The number of hydrogen-bond donors (Lipinski definition) is 1. The summed E-state index contributed by atoms with van der Waals surface area (Å²) in [5.41, 5.74) is 1.96. The number of piperidine rings is 1. The topological polar surface area (TPSA) is 61.9 Å². The van der Waals surface area contributed by atoms with Gasteiger partial charge in [0, 0.05) is 25.6 Å². The first-order valence-corrected chi connectivity index (χ1v) is 9.65. The maximum absolute atomic E-state index is 13.2. The average Bonchev–Trinajstić information content (AvgIpc) is 2.67. The number of nitrogens with zero attached hydrogens (tertiary/aromatic N) is 2. The number of nitrogens with one attached hydrogen (secondary N) is 1. The number of rotatable bonds is 3. The molecule has 6 heteroatoms. The standard InChI is InChI=1S/C20H29N3O3/c1-4-16-13-23(17-12-14(3)6-7-18(17)26-16)20(25)22-10-8-15(9-11-22)19(24)21-5-2/h6-7,12,15-16H,4-5,8-11,13H2,1-3H3,(H,21,24)/t16-/m0/s1. The van der Waals surface area contributed by atoms with Gasteiger partial charge < -0.3 is 15.0 Å². The summed E-state index contributed by atoms with van der Waals surface area (Å²) in [7, 11) is 0. The Labute approximate surface area is 155 Å². The molecule has 1 saturated heterocycles. The van der Waals surface area contributed by atoms with E-state index in [1.165, 1.54) is 0 Å². The normalized spacial score (nSPS) is 20.3. The van der Waals surface area contributed by atoms with Crippen molar-refractivity contribution in [2.24, 2.45) is 5.92 Å². The number of anilines is 1. The lowest BCUT2D eigenvalue weighted by atomic mass is 9.96. The van der Waals surface area contributed by atoms with Crippen LogP contribution in [0.1, 0.15) is 38.7 Å². The highest BCUT2D eigenvalue weighted by atomic mass is 16.5. The van der Waals surface area contributed by atoms with Gasteiger partial charge in [0.1, 0.15) is 11.9 Å². The molecule has 0 bridgehead atoms. The van der Waals surface area contributed by atoms with Crippen molar-refractivity contribution in [1.29, 1.82) is 0 Å². The molecule has 2 aliphatic heterocycles. The molecule has 6 nitrogen and oxygen atoms in total. The number of urea groups is 1. The van der Waals surface area contributed by atoms with Gasteiger partial charge in [-0.3, -0.25) is 9.69 Å². The largest absolute Gasteiger partial charge is 0.486 e. The molecule has 1 N–H and O–H groups in total. The van der Waals surface area contributed by atoms with E-state index in [0.29, 0.717) is 26.2 Å². The molecule has 0 unspecified atom stereocenters. The number of fused-ring (bicyclic) bond motifs is 1. The van der Waals surface area contributed by atoms with Crippen LogP contribution in [-0.4, -0.2) is 49.1 Å². The second-order valence-corrected chi connectivity index (χ2v) is 7.17. The van der Waals surface area contributed by atoms with E-state index in [0.717, 1.165) is 36.3 Å². The van der Waals surface area contributed by atoms with Crippen LogP contribution in [0.4, 0.5) is 10.5 Å². The van der Waals surface area contributed by atoms with Gasteiger partial charge in [0.15, 0.2) is 0 Å². The van der Waals surface area contributed by atoms with Gasteiger partial charge in [0.2, 0.25) is 5.91 Å². The van der Waals surface area contributed by atoms with Crippen molar-refractivity contribution in [1.82, 2.24) is 10.2 Å². The zero-order chi connectivity index (χ0) is 18.7. The molecule has 3 rings (SSSR count). The summed E-state index contributed by atoms with van der Waals surface area (Å²) in [4.78, 5) is 28.9. The van der Waals surface area contributed by atoms with E-state index in [9.17, 15) is 9.59 Å². The third kappa shape index (κ3) is 3.79. The summed E-state index contributed by atoms with van der Waals surface area (Å²) in [5, 5.41) is 2.89. The average molecular weight is 359 g/mol. The van der Waals surface area contributed by atoms with Crippen LogP contribution < -0.4 is 15.0 Å². The number of aryl methyl sites for hydroxylation is 1. The molecule has 0 radical (unpaired) electrons. The second-order valence-electron chi connectivity index (χ2n) is 7.17. The Balaban J connectivity index is 1.72. The van der Waals surface area contributed by atoms with Crippen LogP contribution in [-0.2, 0) is 4.79 Å². The van der Waals surface area contributed by atoms with Crippen LogP contribution in [0.15, 0.2) is 18.2 Å². The van der Waals surface area contributed by atoms with Crippen molar-refractivity contribution in [2.45, 2.75) is 46.1 Å². The van der Waals surface area contributed by atoms with E-state index >= 15 is 0 Å². The first-order chi connectivity index (χ1) is 12.5. The lowest BCUT2D eigenvalue weighted by Crippen LogP contribution is -2.52. The Morgan fingerprint density at radius 3 is 2.62 bits per heavy atom. The fourth-order valence-corrected chi connectivity index (χ4v) is 3.67. The van der Waals surface area contributed by atoms with Crippen LogP contribution in [0.3, 0.4) is 0 Å². The molecule has 0 aliphatic carbocycles. The van der Waals surface area contributed by atoms with E-state index < -0.39 is 0 Å². The van der Waals surface area contributed by atoms with Gasteiger partial charge in [-0.2, -0.15) is 0 Å². The van der Waals surface area contributed by atoms with Crippen molar-refractivity contribution in [3.63, 3.8) is 0 Å². The van der Waals surface area contributed by atoms with Crippen molar-refractivity contribution < 1.29 is 14.3 Å². The molecule has 142 valence electrons. The Kier molecular flexibility index (Phi) is 5.69. The summed E-state index contributed by atoms with van der Waals surface area (Å²) >= 11 is 0. The lowest BCUT2D eigenvalue weighted by Gasteiger charge is -2.39. The molecule has 0 spiro atoms.